The van der Waals surface area contributed by atoms with Crippen molar-refractivity contribution in [2.45, 2.75) is 63.9 Å². The van der Waals surface area contributed by atoms with E-state index in [0.717, 1.165) is 12.8 Å². The average Bonchev–Trinajstić information content (AvgIpc) is 2.07. The van der Waals surface area contributed by atoms with E-state index >= 15 is 0 Å². The molecule has 1 aliphatic carbocycles. The fourth-order valence-corrected chi connectivity index (χ4v) is 2.88. The molecule has 0 bridgehead atoms. The van der Waals surface area contributed by atoms with Gasteiger partial charge in [-0.1, -0.05) is 20.8 Å². The molecule has 0 aromatic rings. The predicted molar refractivity (Wildman–Crippen MR) is 70.1 cm³/mol. The van der Waals surface area contributed by atoms with E-state index < -0.39 is 8.32 Å². The minimum absolute atomic E-state index is 0.272. The topological polar surface area (TPSA) is 21.6 Å². The van der Waals surface area contributed by atoms with Gasteiger partial charge in [-0.3, -0.25) is 0 Å². The number of thiocarbonyl (C=S) groups is 1. The summed E-state index contributed by atoms with van der Waals surface area (Å²) in [7, 11) is -1.63. The summed E-state index contributed by atoms with van der Waals surface area (Å²) in [5.74, 6) is 0. The predicted octanol–water partition coefficient (Wildman–Crippen LogP) is 3.64. The first kappa shape index (κ1) is 13.0. The summed E-state index contributed by atoms with van der Waals surface area (Å²) < 4.78 is 6.26. The van der Waals surface area contributed by atoms with Gasteiger partial charge in [-0.2, -0.15) is 0 Å². The van der Waals surface area contributed by atoms with Gasteiger partial charge in [0, 0.05) is 0 Å². The number of aliphatic imine (C=N–C) groups is 1. The molecular formula is C11H21NOSSi. The third kappa shape index (κ3) is 2.97. The number of nitrogens with zero attached hydrogens (tertiary/aromatic N) is 1. The van der Waals surface area contributed by atoms with Gasteiger partial charge < -0.3 is 4.43 Å². The quantitative estimate of drug-likeness (QED) is 0.429. The molecule has 1 fully saturated rings. The maximum Gasteiger partial charge on any atom is 0.192 e. The first-order valence-corrected chi connectivity index (χ1v) is 8.84. The largest absolute Gasteiger partial charge is 0.412 e. The van der Waals surface area contributed by atoms with Crippen molar-refractivity contribution in [2.75, 3.05) is 0 Å². The zero-order valence-corrected chi connectivity index (χ0v) is 12.1. The SMILES string of the molecule is CC(C)(C)[Si](C)(C)O[C@@H]1CC[C@H]1N=C=S. The first-order chi connectivity index (χ1) is 6.78. The molecule has 0 aromatic heterocycles. The van der Waals surface area contributed by atoms with Gasteiger partial charge in [-0.25, -0.2) is 4.99 Å². The summed E-state index contributed by atoms with van der Waals surface area (Å²) >= 11 is 4.64. The van der Waals surface area contributed by atoms with E-state index in [9.17, 15) is 0 Å². The molecule has 1 aliphatic rings. The van der Waals surface area contributed by atoms with E-state index in [1.807, 2.05) is 0 Å². The van der Waals surface area contributed by atoms with E-state index in [1.165, 1.54) is 0 Å². The number of hydrogen-bond donors (Lipinski definition) is 0. The molecule has 0 amide bonds. The monoisotopic (exact) mass is 243 g/mol. The first-order valence-electron chi connectivity index (χ1n) is 5.53. The number of hydrogen-bond acceptors (Lipinski definition) is 3. The van der Waals surface area contributed by atoms with Crippen molar-refractivity contribution in [1.29, 1.82) is 0 Å². The van der Waals surface area contributed by atoms with E-state index in [4.69, 9.17) is 4.43 Å². The van der Waals surface area contributed by atoms with Crippen LogP contribution in [-0.4, -0.2) is 25.6 Å². The standard InChI is InChI=1S/C11H21NOSSi/c1-11(2,3)15(4,5)13-10-7-6-9(10)12-8-14/h9-10H,6-7H2,1-5H3/t9-,10-/m1/s1. The van der Waals surface area contributed by atoms with E-state index in [0.29, 0.717) is 6.10 Å². The van der Waals surface area contributed by atoms with Crippen molar-refractivity contribution in [3.05, 3.63) is 0 Å². The Labute approximate surface area is 99.3 Å². The molecule has 0 aliphatic heterocycles. The van der Waals surface area contributed by atoms with Crippen LogP contribution >= 0.6 is 12.2 Å². The lowest BCUT2D eigenvalue weighted by molar-refractivity contribution is 0.0805. The Bertz CT molecular complexity index is 279. The van der Waals surface area contributed by atoms with Crippen molar-refractivity contribution in [3.8, 4) is 0 Å². The van der Waals surface area contributed by atoms with Gasteiger partial charge in [0.15, 0.2) is 8.32 Å². The highest BCUT2D eigenvalue weighted by Crippen LogP contribution is 2.40. The Balaban J connectivity index is 2.59. The van der Waals surface area contributed by atoms with Crippen molar-refractivity contribution in [1.82, 2.24) is 0 Å². The van der Waals surface area contributed by atoms with Gasteiger partial charge in [-0.05, 0) is 43.2 Å². The summed E-state index contributed by atoms with van der Waals surface area (Å²) in [6.45, 7) is 11.3. The Morgan fingerprint density at radius 2 is 1.93 bits per heavy atom. The van der Waals surface area contributed by atoms with Gasteiger partial charge in [0.1, 0.15) is 0 Å². The smallest absolute Gasteiger partial charge is 0.192 e. The summed E-state index contributed by atoms with van der Waals surface area (Å²) in [6.07, 6.45) is 2.52. The van der Waals surface area contributed by atoms with Gasteiger partial charge in [-0.15, -0.1) is 0 Å². The average molecular weight is 243 g/mol. The molecule has 2 atom stereocenters. The van der Waals surface area contributed by atoms with Crippen LogP contribution in [0.4, 0.5) is 0 Å². The van der Waals surface area contributed by atoms with Crippen LogP contribution in [0.25, 0.3) is 0 Å². The zero-order valence-electron chi connectivity index (χ0n) is 10.3. The summed E-state index contributed by atoms with van der Waals surface area (Å²) in [5, 5.41) is 2.74. The minimum atomic E-state index is -1.63. The third-order valence-electron chi connectivity index (χ3n) is 3.65. The van der Waals surface area contributed by atoms with Gasteiger partial charge in [0.25, 0.3) is 0 Å². The summed E-state index contributed by atoms with van der Waals surface area (Å²) in [4.78, 5) is 4.14. The molecule has 0 heterocycles. The van der Waals surface area contributed by atoms with Crippen molar-refractivity contribution >= 4 is 25.7 Å². The Morgan fingerprint density at radius 3 is 2.27 bits per heavy atom. The molecule has 0 saturated heterocycles. The van der Waals surface area contributed by atoms with E-state index in [-0.39, 0.29) is 11.1 Å². The number of isothiocyanates is 1. The van der Waals surface area contributed by atoms with Crippen LogP contribution in [0.5, 0.6) is 0 Å². The minimum Gasteiger partial charge on any atom is -0.412 e. The highest BCUT2D eigenvalue weighted by Gasteiger charge is 2.43. The Morgan fingerprint density at radius 1 is 1.33 bits per heavy atom. The van der Waals surface area contributed by atoms with Gasteiger partial charge in [0.2, 0.25) is 0 Å². The molecule has 15 heavy (non-hydrogen) atoms. The third-order valence-corrected chi connectivity index (χ3v) is 8.26. The second kappa shape index (κ2) is 4.46. The molecular weight excluding hydrogens is 222 g/mol. The molecule has 4 heteroatoms. The maximum atomic E-state index is 6.26. The highest BCUT2D eigenvalue weighted by atomic mass is 32.1. The van der Waals surface area contributed by atoms with Crippen LogP contribution < -0.4 is 0 Å². The lowest BCUT2D eigenvalue weighted by atomic mass is 9.90. The van der Waals surface area contributed by atoms with E-state index in [1.54, 1.807) is 0 Å². The lowest BCUT2D eigenvalue weighted by Crippen LogP contribution is -2.50. The molecule has 0 spiro atoms. The van der Waals surface area contributed by atoms with Crippen molar-refractivity contribution in [3.63, 3.8) is 0 Å². The van der Waals surface area contributed by atoms with Gasteiger partial charge >= 0.3 is 0 Å². The second-order valence-corrected chi connectivity index (χ2v) is 10.7. The van der Waals surface area contributed by atoms with Crippen LogP contribution in [0.15, 0.2) is 4.99 Å². The maximum absolute atomic E-state index is 6.26. The van der Waals surface area contributed by atoms with Gasteiger partial charge in [0.05, 0.1) is 17.3 Å². The molecule has 1 saturated carbocycles. The highest BCUT2D eigenvalue weighted by molar-refractivity contribution is 7.78. The number of rotatable bonds is 3. The van der Waals surface area contributed by atoms with Crippen molar-refractivity contribution < 1.29 is 4.43 Å². The van der Waals surface area contributed by atoms with Crippen LogP contribution in [0.2, 0.25) is 18.1 Å². The van der Waals surface area contributed by atoms with Crippen molar-refractivity contribution in [2.24, 2.45) is 4.99 Å². The van der Waals surface area contributed by atoms with E-state index in [2.05, 4.69) is 56.2 Å². The molecule has 0 aromatic carbocycles. The zero-order chi connectivity index (χ0) is 11.7. The summed E-state index contributed by atoms with van der Waals surface area (Å²) in [5.41, 5.74) is 0. The summed E-state index contributed by atoms with van der Waals surface area (Å²) in [6, 6.07) is 0.275. The normalized spacial score (nSPS) is 26.7. The van der Waals surface area contributed by atoms with Crippen LogP contribution in [0.1, 0.15) is 33.6 Å². The lowest BCUT2D eigenvalue weighted by Gasteiger charge is -2.44. The molecule has 0 N–H and O–H groups in total. The second-order valence-electron chi connectivity index (χ2n) is 5.78. The fourth-order valence-electron chi connectivity index (χ4n) is 1.36. The molecule has 86 valence electrons. The molecule has 2 nitrogen and oxygen atoms in total. The molecule has 0 radical (unpaired) electrons. The van der Waals surface area contributed by atoms with Crippen LogP contribution in [0.3, 0.4) is 0 Å². The van der Waals surface area contributed by atoms with Crippen LogP contribution in [0, 0.1) is 0 Å². The fraction of sp³-hybridized carbons (Fsp3) is 0.909. The molecule has 0 unspecified atom stereocenters. The Hall–Kier alpha value is -0.0231. The Kier molecular flexibility index (Phi) is 3.88. The molecule has 1 rings (SSSR count). The van der Waals surface area contributed by atoms with Crippen LogP contribution in [-0.2, 0) is 4.43 Å².